The largest absolute Gasteiger partial charge is 0.416 e. The Morgan fingerprint density at radius 1 is 1.17 bits per heavy atom. The maximum Gasteiger partial charge on any atom is 0.416 e. The summed E-state index contributed by atoms with van der Waals surface area (Å²) in [5, 5.41) is 4.91. The molecule has 11 nitrogen and oxygen atoms in total. The van der Waals surface area contributed by atoms with Crippen molar-refractivity contribution < 1.29 is 30.8 Å². The van der Waals surface area contributed by atoms with Crippen molar-refractivity contribution in [3.63, 3.8) is 0 Å². The lowest BCUT2D eigenvalue weighted by Gasteiger charge is -2.36. The number of benzene rings is 1. The Labute approximate surface area is 281 Å². The highest BCUT2D eigenvalue weighted by atomic mass is 32.2. The standard InChI is InChI=1S/C32H44F3N7O4SSi/c1-21-17-40(13-14-45-21)29-16-24(26-18-41(20-36-26)47(43,44)39(6)7)30-37-27(19-46-48(8,9)31(3,4)5)28(42(30)38-29)15-23-11-10-12-25(22(23)2)32(33,34)35/h10-12,16,18,20-21H,13-15,17,19H2,1-9H3. The molecule has 1 aliphatic heterocycles. The molecule has 0 bridgehead atoms. The highest BCUT2D eigenvalue weighted by molar-refractivity contribution is 7.87. The number of hydrogen-bond donors (Lipinski definition) is 0. The van der Waals surface area contributed by atoms with Crippen molar-refractivity contribution in [2.45, 2.75) is 78.1 Å². The maximum atomic E-state index is 14.0. The van der Waals surface area contributed by atoms with Crippen molar-refractivity contribution in [2.24, 2.45) is 0 Å². The molecule has 1 atom stereocenters. The van der Waals surface area contributed by atoms with Crippen LogP contribution >= 0.6 is 0 Å². The molecule has 0 amide bonds. The van der Waals surface area contributed by atoms with Crippen molar-refractivity contribution in [1.29, 1.82) is 0 Å². The van der Waals surface area contributed by atoms with Gasteiger partial charge in [0.15, 0.2) is 19.8 Å². The third-order valence-corrected chi connectivity index (χ3v) is 15.5. The molecule has 3 aromatic heterocycles. The van der Waals surface area contributed by atoms with E-state index < -0.39 is 30.3 Å². The molecule has 262 valence electrons. The fourth-order valence-corrected chi connectivity index (χ4v) is 7.05. The SMILES string of the molecule is Cc1c(Cc2c(CO[Si](C)(C)C(C)(C)C)nc3c(-c4cn(S(=O)(=O)N(C)C)cn4)cc(N4CCOC(C)C4)nn23)cccc1C(F)(F)F. The Morgan fingerprint density at radius 2 is 1.88 bits per heavy atom. The summed E-state index contributed by atoms with van der Waals surface area (Å²) in [5.74, 6) is 0.578. The lowest BCUT2D eigenvalue weighted by atomic mass is 9.98. The first-order valence-corrected chi connectivity index (χ1v) is 20.1. The summed E-state index contributed by atoms with van der Waals surface area (Å²) in [6.07, 6.45) is -1.81. The van der Waals surface area contributed by atoms with E-state index in [-0.39, 0.29) is 29.7 Å². The molecule has 1 fully saturated rings. The van der Waals surface area contributed by atoms with E-state index in [0.717, 1.165) is 14.3 Å². The fourth-order valence-electron chi connectivity index (χ4n) is 5.35. The first-order valence-electron chi connectivity index (χ1n) is 15.8. The topological polar surface area (TPSA) is 107 Å². The monoisotopic (exact) mass is 707 g/mol. The summed E-state index contributed by atoms with van der Waals surface area (Å²) < 4.78 is 83.9. The van der Waals surface area contributed by atoms with Gasteiger partial charge in [-0.3, -0.25) is 0 Å². The Morgan fingerprint density at radius 3 is 2.50 bits per heavy atom. The third kappa shape index (κ3) is 7.03. The minimum absolute atomic E-state index is 0.0623. The number of rotatable bonds is 9. The number of imidazole rings is 2. The molecule has 0 spiro atoms. The van der Waals surface area contributed by atoms with Crippen LogP contribution in [0.25, 0.3) is 16.9 Å². The van der Waals surface area contributed by atoms with Gasteiger partial charge in [0, 0.05) is 39.8 Å². The van der Waals surface area contributed by atoms with Gasteiger partial charge in [-0.25, -0.2) is 18.5 Å². The second-order valence-corrected chi connectivity index (χ2v) is 20.8. The zero-order valence-corrected chi connectivity index (χ0v) is 30.7. The van der Waals surface area contributed by atoms with Crippen LogP contribution in [-0.2, 0) is 38.6 Å². The number of alkyl halides is 3. The summed E-state index contributed by atoms with van der Waals surface area (Å²) >= 11 is 0. The van der Waals surface area contributed by atoms with Crippen LogP contribution in [0.15, 0.2) is 36.8 Å². The van der Waals surface area contributed by atoms with Crippen molar-refractivity contribution in [1.82, 2.24) is 27.9 Å². The second-order valence-electron chi connectivity index (χ2n) is 14.0. The molecule has 0 N–H and O–H groups in total. The molecule has 0 radical (unpaired) electrons. The fraction of sp³-hybridized carbons (Fsp3) is 0.531. The Bertz CT molecular complexity index is 1920. The van der Waals surface area contributed by atoms with E-state index in [1.54, 1.807) is 10.6 Å². The van der Waals surface area contributed by atoms with E-state index in [1.165, 1.54) is 39.6 Å². The van der Waals surface area contributed by atoms with E-state index >= 15 is 0 Å². The molecule has 1 aromatic carbocycles. The predicted molar refractivity (Wildman–Crippen MR) is 181 cm³/mol. The van der Waals surface area contributed by atoms with Gasteiger partial charge < -0.3 is 14.1 Å². The number of halogens is 3. The summed E-state index contributed by atoms with van der Waals surface area (Å²) in [6, 6.07) is 6.01. The molecule has 48 heavy (non-hydrogen) atoms. The van der Waals surface area contributed by atoms with Crippen LogP contribution in [0.2, 0.25) is 18.1 Å². The number of fused-ring (bicyclic) bond motifs is 1. The molecule has 4 aromatic rings. The maximum absolute atomic E-state index is 14.0. The molecule has 16 heteroatoms. The van der Waals surface area contributed by atoms with Gasteiger partial charge in [0.1, 0.15) is 6.33 Å². The van der Waals surface area contributed by atoms with Crippen molar-refractivity contribution >= 4 is 30.0 Å². The summed E-state index contributed by atoms with van der Waals surface area (Å²) in [6.45, 7) is 15.8. The Kier molecular flexibility index (Phi) is 9.64. The molecule has 1 aliphatic rings. The summed E-state index contributed by atoms with van der Waals surface area (Å²) in [5.41, 5.74) is 2.29. The average Bonchev–Trinajstić information content (AvgIpc) is 3.61. The van der Waals surface area contributed by atoms with Crippen molar-refractivity contribution in [3.05, 3.63) is 64.9 Å². The highest BCUT2D eigenvalue weighted by Gasteiger charge is 2.38. The lowest BCUT2D eigenvalue weighted by Crippen LogP contribution is -2.41. The van der Waals surface area contributed by atoms with Gasteiger partial charge in [-0.2, -0.15) is 25.9 Å². The van der Waals surface area contributed by atoms with Crippen molar-refractivity contribution in [2.75, 3.05) is 38.7 Å². The molecular weight excluding hydrogens is 664 g/mol. The van der Waals surface area contributed by atoms with Gasteiger partial charge in [0.2, 0.25) is 0 Å². The van der Waals surface area contributed by atoms with Gasteiger partial charge in [0.25, 0.3) is 0 Å². The average molecular weight is 708 g/mol. The molecule has 0 aliphatic carbocycles. The number of aromatic nitrogens is 5. The lowest BCUT2D eigenvalue weighted by molar-refractivity contribution is -0.138. The minimum atomic E-state index is -4.51. The number of ether oxygens (including phenoxy) is 1. The van der Waals surface area contributed by atoms with Crippen molar-refractivity contribution in [3.8, 4) is 11.3 Å². The highest BCUT2D eigenvalue weighted by Crippen LogP contribution is 2.38. The van der Waals surface area contributed by atoms with Crippen LogP contribution in [0.4, 0.5) is 19.0 Å². The molecule has 4 heterocycles. The predicted octanol–water partition coefficient (Wildman–Crippen LogP) is 5.91. The van der Waals surface area contributed by atoms with Gasteiger partial charge in [-0.15, -0.1) is 5.10 Å². The molecule has 1 unspecified atom stereocenters. The van der Waals surface area contributed by atoms with E-state index in [0.29, 0.717) is 59.4 Å². The normalized spacial score (nSPS) is 16.8. The van der Waals surface area contributed by atoms with E-state index in [2.05, 4.69) is 43.7 Å². The molecule has 5 rings (SSSR count). The number of anilines is 1. The first kappa shape index (κ1) is 36.0. The van der Waals surface area contributed by atoms with Crippen LogP contribution < -0.4 is 4.90 Å². The van der Waals surface area contributed by atoms with Gasteiger partial charge in [0.05, 0.1) is 47.5 Å². The first-order chi connectivity index (χ1) is 22.2. The Balaban J connectivity index is 1.75. The third-order valence-electron chi connectivity index (χ3n) is 9.36. The van der Waals surface area contributed by atoms with E-state index in [9.17, 15) is 21.6 Å². The van der Waals surface area contributed by atoms with Gasteiger partial charge in [-0.05, 0) is 55.2 Å². The van der Waals surface area contributed by atoms with Gasteiger partial charge >= 0.3 is 16.4 Å². The van der Waals surface area contributed by atoms with E-state index in [1.807, 2.05) is 13.0 Å². The molecule has 1 saturated heterocycles. The smallest absolute Gasteiger partial charge is 0.411 e. The number of nitrogens with zero attached hydrogens (tertiary/aromatic N) is 7. The zero-order chi connectivity index (χ0) is 35.4. The van der Waals surface area contributed by atoms with Gasteiger partial charge in [-0.1, -0.05) is 32.9 Å². The summed E-state index contributed by atoms with van der Waals surface area (Å²) in [4.78, 5) is 11.5. The molecular formula is C32H44F3N7O4SSi. The van der Waals surface area contributed by atoms with Crippen LogP contribution in [0, 0.1) is 6.92 Å². The van der Waals surface area contributed by atoms with Crippen LogP contribution in [0.5, 0.6) is 0 Å². The number of morpholine rings is 1. The Hall–Kier alpha value is -3.31. The second kappa shape index (κ2) is 12.9. The quantitative estimate of drug-likeness (QED) is 0.198. The zero-order valence-electron chi connectivity index (χ0n) is 28.9. The van der Waals surface area contributed by atoms with E-state index in [4.69, 9.17) is 19.2 Å². The summed E-state index contributed by atoms with van der Waals surface area (Å²) in [7, 11) is -3.26. The number of hydrogen-bond acceptors (Lipinski definition) is 8. The molecule has 0 saturated carbocycles. The van der Waals surface area contributed by atoms with Crippen LogP contribution in [0.3, 0.4) is 0 Å². The van der Waals surface area contributed by atoms with Crippen LogP contribution in [-0.4, -0.2) is 84.5 Å². The van der Waals surface area contributed by atoms with Crippen LogP contribution in [0.1, 0.15) is 55.8 Å². The minimum Gasteiger partial charge on any atom is -0.411 e.